The largest absolute Gasteiger partial charge is 0.0839 e. The van der Waals surface area contributed by atoms with Crippen molar-refractivity contribution in [3.8, 4) is 0 Å². The van der Waals surface area contributed by atoms with E-state index in [0.29, 0.717) is 0 Å². The molecule has 0 heteroatoms. The van der Waals surface area contributed by atoms with Gasteiger partial charge in [-0.1, -0.05) is 197 Å². The standard InChI is InChI=1S/C105H108/c1-101(2)91-21-15-13-19-81(91)83-39-31-68(53-93(83)101)66-27-25-62-49-61(23-24-64(62)51-66)63-26-28-67-52-75(30-29-65(67)50-63)77-47-48-78(80-18-12-11-17-79(77)80)76-38-46-90-89-45-37-74(59-99(89)105(9,10)100(90)60-76)73-36-44-88-87-43-35-72(57-97(87)104(7,8)98(88)58-73)71-34-42-86-85-41-33-70(55-95(85)103(5,6)96(86)56-71)69-32-40-84-82-20-14-16-22-92(82)102(3,4)94(84)54-69/h11-12,15-18,21-22,37,45,49-60H,13-14,19-20,23-36,38-44,46-48H2,1-10H3. The molecule has 0 saturated carbocycles. The molecule has 0 fully saturated rings. The summed E-state index contributed by atoms with van der Waals surface area (Å²) in [6.07, 6.45) is 72.0. The van der Waals surface area contributed by atoms with Gasteiger partial charge in [0.25, 0.3) is 0 Å². The van der Waals surface area contributed by atoms with Crippen LogP contribution in [-0.4, -0.2) is 0 Å². The Morgan fingerprint density at radius 3 is 0.905 bits per heavy atom. The second-order valence-corrected chi connectivity index (χ2v) is 37.8. The summed E-state index contributed by atoms with van der Waals surface area (Å²) in [7, 11) is 0. The van der Waals surface area contributed by atoms with Crippen LogP contribution in [0, 0.1) is 21.7 Å². The summed E-state index contributed by atoms with van der Waals surface area (Å²) in [5.74, 6) is 0. The molecule has 2 aromatic rings. The van der Waals surface area contributed by atoms with Crippen molar-refractivity contribution in [1.82, 2.24) is 0 Å². The molecule has 0 amide bonds. The number of rotatable bonds is 7. The van der Waals surface area contributed by atoms with Crippen molar-refractivity contribution in [3.63, 3.8) is 0 Å². The Balaban J connectivity index is 0.504. The van der Waals surface area contributed by atoms with Gasteiger partial charge in [-0.15, -0.1) is 0 Å². The highest BCUT2D eigenvalue weighted by Gasteiger charge is 2.47. The van der Waals surface area contributed by atoms with Crippen LogP contribution in [0.3, 0.4) is 0 Å². The zero-order valence-corrected chi connectivity index (χ0v) is 65.0. The highest BCUT2D eigenvalue weighted by atomic mass is 14.5. The molecule has 528 valence electrons. The van der Waals surface area contributed by atoms with Gasteiger partial charge >= 0.3 is 0 Å². The summed E-state index contributed by atoms with van der Waals surface area (Å²) in [4.78, 5) is 0. The summed E-state index contributed by atoms with van der Waals surface area (Å²) in [5.41, 5.74) is 61.5. The molecule has 0 aliphatic heterocycles. The van der Waals surface area contributed by atoms with Gasteiger partial charge in [0.15, 0.2) is 0 Å². The average Bonchev–Trinajstić information content (AvgIpc) is 1.57. The minimum Gasteiger partial charge on any atom is -0.0839 e. The summed E-state index contributed by atoms with van der Waals surface area (Å²) < 4.78 is 0. The third-order valence-corrected chi connectivity index (χ3v) is 30.8. The highest BCUT2D eigenvalue weighted by Crippen LogP contribution is 2.63. The third-order valence-electron chi connectivity index (χ3n) is 30.8. The van der Waals surface area contributed by atoms with Crippen molar-refractivity contribution in [3.05, 3.63) is 333 Å². The fraction of sp³-hybridized carbons (Fsp3) is 0.410. The van der Waals surface area contributed by atoms with Crippen molar-refractivity contribution in [1.29, 1.82) is 0 Å². The molecule has 0 aromatic heterocycles. The smallest absolute Gasteiger partial charge is 0.0155 e. The van der Waals surface area contributed by atoms with E-state index < -0.39 is 0 Å². The summed E-state index contributed by atoms with van der Waals surface area (Å²) in [6, 6.07) is 17.2. The Morgan fingerprint density at radius 1 is 0.219 bits per heavy atom. The van der Waals surface area contributed by atoms with Gasteiger partial charge in [-0.05, 0) is 408 Å². The van der Waals surface area contributed by atoms with Gasteiger partial charge in [0.1, 0.15) is 0 Å². The van der Waals surface area contributed by atoms with Gasteiger partial charge in [-0.25, -0.2) is 0 Å². The molecule has 0 radical (unpaired) electrons. The lowest BCUT2D eigenvalue weighted by Gasteiger charge is -2.31. The number of allylic oxidation sites excluding steroid dienone is 48. The molecule has 0 heterocycles. The van der Waals surface area contributed by atoms with Crippen LogP contribution in [0.15, 0.2) is 306 Å². The van der Waals surface area contributed by atoms with E-state index in [-0.39, 0.29) is 27.1 Å². The third kappa shape index (κ3) is 9.80. The Kier molecular flexibility index (Phi) is 14.6. The minimum atomic E-state index is -0.0607. The maximum absolute atomic E-state index is 2.71. The van der Waals surface area contributed by atoms with Crippen molar-refractivity contribution in [2.45, 2.75) is 254 Å². The molecule has 19 aliphatic rings. The zero-order valence-electron chi connectivity index (χ0n) is 65.0. The molecule has 0 nitrogen and oxygen atoms in total. The average molecular weight is 1370 g/mol. The van der Waals surface area contributed by atoms with E-state index in [4.69, 9.17) is 0 Å². The lowest BCUT2D eigenvalue weighted by Crippen LogP contribution is -2.33. The van der Waals surface area contributed by atoms with Gasteiger partial charge in [-0.3, -0.25) is 0 Å². The van der Waals surface area contributed by atoms with Gasteiger partial charge < -0.3 is 0 Å². The Bertz CT molecular complexity index is 5510. The number of fused-ring (bicyclic) bond motifs is 7. The van der Waals surface area contributed by atoms with Crippen molar-refractivity contribution >= 4 is 22.3 Å². The van der Waals surface area contributed by atoms with Crippen molar-refractivity contribution < 1.29 is 0 Å². The predicted molar refractivity (Wildman–Crippen MR) is 441 cm³/mol. The first kappa shape index (κ1) is 65.2. The van der Waals surface area contributed by atoms with Crippen LogP contribution in [0.2, 0.25) is 0 Å². The Labute approximate surface area is 627 Å². The molecule has 2 aromatic carbocycles. The van der Waals surface area contributed by atoms with Crippen LogP contribution in [-0.2, 0) is 5.41 Å². The van der Waals surface area contributed by atoms with Gasteiger partial charge in [-0.2, -0.15) is 0 Å². The quantitative estimate of drug-likeness (QED) is 0.259. The lowest BCUT2D eigenvalue weighted by atomic mass is 9.73. The lowest BCUT2D eigenvalue weighted by molar-refractivity contribution is 0.562. The summed E-state index contributed by atoms with van der Waals surface area (Å²) >= 11 is 0. The molecular weight excluding hydrogens is 1260 g/mol. The molecule has 105 heavy (non-hydrogen) atoms. The van der Waals surface area contributed by atoms with Gasteiger partial charge in [0.2, 0.25) is 0 Å². The monoisotopic (exact) mass is 1370 g/mol. The van der Waals surface area contributed by atoms with Gasteiger partial charge in [0.05, 0.1) is 0 Å². The van der Waals surface area contributed by atoms with Crippen LogP contribution in [0.5, 0.6) is 0 Å². The van der Waals surface area contributed by atoms with E-state index >= 15 is 0 Å². The molecular formula is C105H108. The van der Waals surface area contributed by atoms with E-state index in [9.17, 15) is 0 Å². The normalized spacial score (nSPS) is 26.9. The van der Waals surface area contributed by atoms with Crippen LogP contribution in [0.1, 0.15) is 266 Å². The molecule has 21 rings (SSSR count). The van der Waals surface area contributed by atoms with Crippen molar-refractivity contribution in [2.24, 2.45) is 21.7 Å². The molecule has 0 spiro atoms. The maximum atomic E-state index is 2.71. The first-order valence-electron chi connectivity index (χ1n) is 41.9. The maximum Gasteiger partial charge on any atom is 0.0155 e. The first-order valence-corrected chi connectivity index (χ1v) is 41.9. The van der Waals surface area contributed by atoms with Crippen LogP contribution < -0.4 is 10.4 Å². The van der Waals surface area contributed by atoms with Crippen LogP contribution in [0.4, 0.5) is 0 Å². The van der Waals surface area contributed by atoms with E-state index in [2.05, 4.69) is 203 Å². The number of benzene rings is 2. The summed E-state index contributed by atoms with van der Waals surface area (Å²) in [5, 5.41) is 2.99. The van der Waals surface area contributed by atoms with E-state index in [1.165, 1.54) is 155 Å². The molecule has 0 unspecified atom stereocenters. The highest BCUT2D eigenvalue weighted by molar-refractivity contribution is 5.89. The van der Waals surface area contributed by atoms with E-state index in [1.807, 2.05) is 0 Å². The Hall–Kier alpha value is -8.06. The predicted octanol–water partition coefficient (Wildman–Crippen LogP) is 26.7. The Morgan fingerprint density at radius 2 is 0.495 bits per heavy atom. The molecule has 0 N–H and O–H groups in total. The topological polar surface area (TPSA) is 0 Å². The minimum absolute atomic E-state index is 0.0194. The summed E-state index contributed by atoms with van der Waals surface area (Å²) in [6.45, 7) is 25.2. The second kappa shape index (κ2) is 23.5. The molecule has 0 atom stereocenters. The van der Waals surface area contributed by atoms with Crippen molar-refractivity contribution in [2.75, 3.05) is 0 Å². The fourth-order valence-electron chi connectivity index (χ4n) is 25.0. The SMILES string of the molecule is CC1(C)C2=C(CCC=C2)C2=C1C=C(C1=CC3=C(C=C(C4=CC5=C(C=C(C6=c7ccccc7=C(C7=CC8=C(CC7)c7ccc(C9=CC%10=C(CC9)C9=C(C=C(C%11=CC%12=C(CC%11)C%11=C(C=C(C%13=CC%14=C(CC%13)C%13=C(C=CCC%13)C%14(C)C)CC%11)C%12(C)C)CC9)C%10(C)C)cc7C8(C)C)CC6)CC5)CC4)CC3)CC1)CC2. The molecule has 0 bridgehead atoms. The van der Waals surface area contributed by atoms with Crippen LogP contribution >= 0.6 is 0 Å². The number of hydrogen-bond acceptors (Lipinski definition) is 0. The fourth-order valence-corrected chi connectivity index (χ4v) is 25.0. The van der Waals surface area contributed by atoms with Crippen LogP contribution in [0.25, 0.3) is 22.3 Å². The molecule has 0 saturated heterocycles. The second-order valence-electron chi connectivity index (χ2n) is 37.8. The van der Waals surface area contributed by atoms with E-state index in [0.717, 1.165) is 57.8 Å². The zero-order chi connectivity index (χ0) is 70.9. The molecule has 19 aliphatic carbocycles. The first-order chi connectivity index (χ1) is 50.7. The van der Waals surface area contributed by atoms with E-state index in [1.54, 1.807) is 189 Å². The number of hydrogen-bond donors (Lipinski definition) is 0. The van der Waals surface area contributed by atoms with Gasteiger partial charge in [0, 0.05) is 27.1 Å².